The quantitative estimate of drug-likeness (QED) is 0.415. The average Bonchev–Trinajstić information content (AvgIpc) is 3.02. The highest BCUT2D eigenvalue weighted by molar-refractivity contribution is 9.11. The number of ether oxygens (including phenoxy) is 1. The molecule has 0 bridgehead atoms. The summed E-state index contributed by atoms with van der Waals surface area (Å²) in [5, 5.41) is 4.30. The number of benzene rings is 2. The molecule has 1 saturated carbocycles. The molecule has 2 unspecified atom stereocenters. The molecule has 1 fully saturated rings. The zero-order valence-corrected chi connectivity index (χ0v) is 18.6. The number of nitrogens with one attached hydrogen (secondary N) is 1. The topological polar surface area (TPSA) is 50.7 Å². The first kappa shape index (κ1) is 19.4. The van der Waals surface area contributed by atoms with Gasteiger partial charge < -0.3 is 4.74 Å². The fraction of sp³-hybridized carbons (Fsp3) is 0.273. The average molecular weight is 504 g/mol. The summed E-state index contributed by atoms with van der Waals surface area (Å²) in [5.41, 5.74) is 6.48. The van der Waals surface area contributed by atoms with Gasteiger partial charge in [-0.25, -0.2) is 5.43 Å². The van der Waals surface area contributed by atoms with E-state index in [1.807, 2.05) is 31.2 Å². The number of hydrazone groups is 1. The van der Waals surface area contributed by atoms with Crippen LogP contribution in [0.2, 0.25) is 0 Å². The number of hydrogen-bond donors (Lipinski definition) is 1. The lowest BCUT2D eigenvalue weighted by Gasteiger charge is -2.31. The summed E-state index contributed by atoms with van der Waals surface area (Å²) in [6.45, 7) is 2.45. The van der Waals surface area contributed by atoms with Crippen molar-refractivity contribution in [3.05, 3.63) is 74.2 Å². The Kier molecular flexibility index (Phi) is 5.69. The van der Waals surface area contributed by atoms with Gasteiger partial charge in [0.05, 0.1) is 8.95 Å². The molecule has 0 radical (unpaired) electrons. The maximum atomic E-state index is 12.3. The Balaban J connectivity index is 1.34. The van der Waals surface area contributed by atoms with Gasteiger partial charge in [-0.3, -0.25) is 4.79 Å². The molecule has 1 amide bonds. The number of carbonyl (C=O) groups excluding carboxylic acids is 1. The standard InChI is InChI=1S/C22H20Br2N2O2/c1-13-9-18(23)21(19(24)10-13)28-12-14-5-7-15(8-6-14)22(27)26-25-20-11-16-3-2-4-17(16)20/h2,4-10,16-17H,3,11-12H2,1H3,(H,26,27). The molecule has 2 aromatic rings. The Bertz CT molecular complexity index is 944. The number of amides is 1. The van der Waals surface area contributed by atoms with Crippen molar-refractivity contribution in [3.8, 4) is 5.75 Å². The van der Waals surface area contributed by atoms with E-state index in [1.165, 1.54) is 0 Å². The molecular formula is C22H20Br2N2O2. The SMILES string of the molecule is Cc1cc(Br)c(OCc2ccc(C(=O)NN=C3CC4CC=CC34)cc2)c(Br)c1. The Morgan fingerprint density at radius 3 is 2.61 bits per heavy atom. The fourth-order valence-electron chi connectivity index (χ4n) is 3.58. The first-order chi connectivity index (χ1) is 13.5. The van der Waals surface area contributed by atoms with Gasteiger partial charge in [-0.15, -0.1) is 0 Å². The van der Waals surface area contributed by atoms with Crippen molar-refractivity contribution in [3.63, 3.8) is 0 Å². The highest BCUT2D eigenvalue weighted by Gasteiger charge is 2.37. The monoisotopic (exact) mass is 502 g/mol. The van der Waals surface area contributed by atoms with Crippen LogP contribution in [0.3, 0.4) is 0 Å². The largest absolute Gasteiger partial charge is 0.487 e. The number of nitrogens with zero attached hydrogens (tertiary/aromatic N) is 1. The third-order valence-electron chi connectivity index (χ3n) is 5.19. The smallest absolute Gasteiger partial charge is 0.271 e. The van der Waals surface area contributed by atoms with Crippen LogP contribution >= 0.6 is 31.9 Å². The minimum absolute atomic E-state index is 0.186. The van der Waals surface area contributed by atoms with Gasteiger partial charge in [-0.1, -0.05) is 24.3 Å². The third kappa shape index (κ3) is 4.08. The molecule has 2 aliphatic rings. The predicted octanol–water partition coefficient (Wildman–Crippen LogP) is 5.78. The molecule has 0 aliphatic heterocycles. The molecule has 6 heteroatoms. The van der Waals surface area contributed by atoms with E-state index in [2.05, 4.69) is 54.5 Å². The maximum absolute atomic E-state index is 12.3. The molecule has 0 saturated heterocycles. The van der Waals surface area contributed by atoms with E-state index in [9.17, 15) is 4.79 Å². The second-order valence-electron chi connectivity index (χ2n) is 7.24. The molecule has 0 heterocycles. The second kappa shape index (κ2) is 8.21. The van der Waals surface area contributed by atoms with Gasteiger partial charge in [0.15, 0.2) is 0 Å². The molecule has 4 nitrogen and oxygen atoms in total. The lowest BCUT2D eigenvalue weighted by molar-refractivity contribution is 0.0954. The van der Waals surface area contributed by atoms with Crippen molar-refractivity contribution in [2.24, 2.45) is 16.9 Å². The number of hydrogen-bond acceptors (Lipinski definition) is 3. The fourth-order valence-corrected chi connectivity index (χ4v) is 5.23. The Hall–Kier alpha value is -1.92. The van der Waals surface area contributed by atoms with Crippen molar-refractivity contribution in [1.29, 1.82) is 0 Å². The molecule has 2 atom stereocenters. The second-order valence-corrected chi connectivity index (χ2v) is 8.95. The van der Waals surface area contributed by atoms with E-state index >= 15 is 0 Å². The summed E-state index contributed by atoms with van der Waals surface area (Å²) in [4.78, 5) is 12.3. The van der Waals surface area contributed by atoms with Crippen LogP contribution in [0, 0.1) is 18.8 Å². The Morgan fingerprint density at radius 1 is 1.21 bits per heavy atom. The van der Waals surface area contributed by atoms with Gasteiger partial charge in [0.1, 0.15) is 12.4 Å². The summed E-state index contributed by atoms with van der Waals surface area (Å²) in [5.74, 6) is 1.71. The van der Waals surface area contributed by atoms with Crippen LogP contribution in [-0.2, 0) is 6.61 Å². The van der Waals surface area contributed by atoms with Gasteiger partial charge in [-0.05, 0) is 92.9 Å². The molecule has 0 spiro atoms. The van der Waals surface area contributed by atoms with Crippen molar-refractivity contribution >= 4 is 43.5 Å². The van der Waals surface area contributed by atoms with Crippen molar-refractivity contribution in [2.75, 3.05) is 0 Å². The number of halogens is 2. The number of aryl methyl sites for hydroxylation is 1. The summed E-state index contributed by atoms with van der Waals surface area (Å²) in [6, 6.07) is 11.4. The highest BCUT2D eigenvalue weighted by atomic mass is 79.9. The van der Waals surface area contributed by atoms with E-state index in [0.717, 1.165) is 44.4 Å². The maximum Gasteiger partial charge on any atom is 0.271 e. The van der Waals surface area contributed by atoms with Crippen molar-refractivity contribution in [1.82, 2.24) is 5.43 Å². The molecule has 4 rings (SSSR count). The predicted molar refractivity (Wildman–Crippen MR) is 118 cm³/mol. The molecule has 28 heavy (non-hydrogen) atoms. The van der Waals surface area contributed by atoms with E-state index in [-0.39, 0.29) is 5.91 Å². The van der Waals surface area contributed by atoms with Crippen LogP contribution in [0.25, 0.3) is 0 Å². The van der Waals surface area contributed by atoms with Crippen molar-refractivity contribution < 1.29 is 9.53 Å². The summed E-state index contributed by atoms with van der Waals surface area (Å²) >= 11 is 7.07. The van der Waals surface area contributed by atoms with Crippen LogP contribution < -0.4 is 10.2 Å². The lowest BCUT2D eigenvalue weighted by atomic mass is 9.74. The van der Waals surface area contributed by atoms with Crippen LogP contribution in [0.5, 0.6) is 5.75 Å². The molecule has 2 aliphatic carbocycles. The molecule has 144 valence electrons. The first-order valence-corrected chi connectivity index (χ1v) is 10.8. The van der Waals surface area contributed by atoms with Crippen LogP contribution in [0.1, 0.15) is 34.3 Å². The number of allylic oxidation sites excluding steroid dienone is 2. The van der Waals surface area contributed by atoms with Crippen LogP contribution in [0.4, 0.5) is 0 Å². The minimum Gasteiger partial charge on any atom is -0.487 e. The van der Waals surface area contributed by atoms with Gasteiger partial charge in [-0.2, -0.15) is 5.10 Å². The van der Waals surface area contributed by atoms with Gasteiger partial charge in [0.25, 0.3) is 5.91 Å². The summed E-state index contributed by atoms with van der Waals surface area (Å²) < 4.78 is 7.74. The third-order valence-corrected chi connectivity index (χ3v) is 6.37. The molecule has 0 aromatic heterocycles. The number of fused-ring (bicyclic) bond motifs is 1. The van der Waals surface area contributed by atoms with Gasteiger partial charge >= 0.3 is 0 Å². The Morgan fingerprint density at radius 2 is 1.93 bits per heavy atom. The lowest BCUT2D eigenvalue weighted by Crippen LogP contribution is -2.35. The van der Waals surface area contributed by atoms with E-state index < -0.39 is 0 Å². The zero-order chi connectivity index (χ0) is 19.7. The molecule has 1 N–H and O–H groups in total. The van der Waals surface area contributed by atoms with Crippen LogP contribution in [-0.4, -0.2) is 11.6 Å². The van der Waals surface area contributed by atoms with Crippen molar-refractivity contribution in [2.45, 2.75) is 26.4 Å². The van der Waals surface area contributed by atoms with E-state index in [0.29, 0.717) is 24.0 Å². The van der Waals surface area contributed by atoms with Gasteiger partial charge in [0.2, 0.25) is 0 Å². The normalized spacial score (nSPS) is 21.3. The molecular weight excluding hydrogens is 484 g/mol. The minimum atomic E-state index is -0.186. The van der Waals surface area contributed by atoms with Crippen LogP contribution in [0.15, 0.2) is 62.6 Å². The summed E-state index contributed by atoms with van der Waals surface area (Å²) in [6.07, 6.45) is 6.52. The molecule has 2 aromatic carbocycles. The summed E-state index contributed by atoms with van der Waals surface area (Å²) in [7, 11) is 0. The Labute approximate surface area is 181 Å². The highest BCUT2D eigenvalue weighted by Crippen LogP contribution is 2.40. The number of carbonyl (C=O) groups is 1. The number of rotatable bonds is 5. The van der Waals surface area contributed by atoms with Gasteiger partial charge in [0, 0.05) is 17.2 Å². The zero-order valence-electron chi connectivity index (χ0n) is 15.4. The van der Waals surface area contributed by atoms with E-state index in [4.69, 9.17) is 4.74 Å². The van der Waals surface area contributed by atoms with E-state index in [1.54, 1.807) is 12.1 Å². The first-order valence-electron chi connectivity index (χ1n) is 9.22.